The highest BCUT2D eigenvalue weighted by atomic mass is 16.5. The molecule has 0 radical (unpaired) electrons. The van der Waals surface area contributed by atoms with Gasteiger partial charge < -0.3 is 14.8 Å². The molecular weight excluding hydrogens is 356 g/mol. The number of esters is 1. The van der Waals surface area contributed by atoms with Gasteiger partial charge in [-0.05, 0) is 49.2 Å². The quantitative estimate of drug-likeness (QED) is 0.630. The predicted molar refractivity (Wildman–Crippen MR) is 110 cm³/mol. The molecule has 6 nitrogen and oxygen atoms in total. The topological polar surface area (TPSA) is 76.7 Å². The van der Waals surface area contributed by atoms with Crippen LogP contribution in [0.15, 0.2) is 48.5 Å². The van der Waals surface area contributed by atoms with Crippen molar-refractivity contribution < 1.29 is 19.1 Å². The Morgan fingerprint density at radius 2 is 1.29 bits per heavy atom. The summed E-state index contributed by atoms with van der Waals surface area (Å²) in [4.78, 5) is 23.4. The molecule has 6 heteroatoms. The lowest BCUT2D eigenvalue weighted by Gasteiger charge is -2.11. The summed E-state index contributed by atoms with van der Waals surface area (Å²) in [7, 11) is 0. The Kier molecular flexibility index (Phi) is 7.87. The zero-order valence-electron chi connectivity index (χ0n) is 16.8. The summed E-state index contributed by atoms with van der Waals surface area (Å²) < 4.78 is 10.4. The molecule has 0 aliphatic carbocycles. The number of nitrogens with one attached hydrogen (secondary N) is 2. The van der Waals surface area contributed by atoms with Gasteiger partial charge in [0.05, 0.1) is 5.92 Å². The van der Waals surface area contributed by atoms with Gasteiger partial charge in [-0.1, -0.05) is 38.1 Å². The van der Waals surface area contributed by atoms with Crippen LogP contribution in [0.25, 0.3) is 0 Å². The molecule has 0 aliphatic heterocycles. The zero-order valence-corrected chi connectivity index (χ0v) is 16.8. The number of anilines is 2. The molecule has 0 heterocycles. The van der Waals surface area contributed by atoms with Gasteiger partial charge in [-0.15, -0.1) is 0 Å². The molecule has 0 aromatic heterocycles. The van der Waals surface area contributed by atoms with Crippen LogP contribution in [0.1, 0.15) is 38.8 Å². The van der Waals surface area contributed by atoms with Crippen molar-refractivity contribution in [3.63, 3.8) is 0 Å². The SMILES string of the molecule is CC(C)Nc1ccc(COC(=O)Nc2ccc(COC(=O)C(C)C)cc2)cc1. The molecule has 0 aliphatic rings. The number of carbonyl (C=O) groups excluding carboxylic acids is 2. The summed E-state index contributed by atoms with van der Waals surface area (Å²) in [5.74, 6) is -0.391. The van der Waals surface area contributed by atoms with Gasteiger partial charge in [-0.3, -0.25) is 10.1 Å². The van der Waals surface area contributed by atoms with E-state index in [1.54, 1.807) is 38.1 Å². The molecule has 0 fully saturated rings. The fraction of sp³-hybridized carbons (Fsp3) is 0.364. The maximum absolute atomic E-state index is 12.0. The van der Waals surface area contributed by atoms with E-state index in [0.29, 0.717) is 11.7 Å². The summed E-state index contributed by atoms with van der Waals surface area (Å²) in [5.41, 5.74) is 3.40. The molecule has 0 saturated heterocycles. The fourth-order valence-electron chi connectivity index (χ4n) is 2.34. The van der Waals surface area contributed by atoms with Crippen LogP contribution in [0.2, 0.25) is 0 Å². The highest BCUT2D eigenvalue weighted by Gasteiger charge is 2.09. The third-order valence-corrected chi connectivity index (χ3v) is 3.83. The van der Waals surface area contributed by atoms with E-state index in [-0.39, 0.29) is 25.1 Å². The lowest BCUT2D eigenvalue weighted by molar-refractivity contribution is -0.148. The Labute approximate surface area is 166 Å². The monoisotopic (exact) mass is 384 g/mol. The number of ether oxygens (including phenoxy) is 2. The first-order chi connectivity index (χ1) is 13.3. The van der Waals surface area contributed by atoms with Crippen LogP contribution in [-0.4, -0.2) is 18.1 Å². The van der Waals surface area contributed by atoms with E-state index in [9.17, 15) is 9.59 Å². The Morgan fingerprint density at radius 1 is 0.786 bits per heavy atom. The number of hydrogen-bond donors (Lipinski definition) is 2. The maximum atomic E-state index is 12.0. The summed E-state index contributed by atoms with van der Waals surface area (Å²) in [5, 5.41) is 5.99. The van der Waals surface area contributed by atoms with Gasteiger partial charge in [-0.25, -0.2) is 4.79 Å². The van der Waals surface area contributed by atoms with E-state index in [0.717, 1.165) is 16.8 Å². The summed E-state index contributed by atoms with van der Waals surface area (Å²) in [6.07, 6.45) is -0.525. The molecule has 150 valence electrons. The number of amides is 1. The zero-order chi connectivity index (χ0) is 20.5. The van der Waals surface area contributed by atoms with Gasteiger partial charge in [0.15, 0.2) is 0 Å². The molecule has 2 aromatic carbocycles. The van der Waals surface area contributed by atoms with Crippen molar-refractivity contribution in [1.29, 1.82) is 0 Å². The average molecular weight is 384 g/mol. The lowest BCUT2D eigenvalue weighted by atomic mass is 10.2. The van der Waals surface area contributed by atoms with Gasteiger partial charge in [0.1, 0.15) is 13.2 Å². The van der Waals surface area contributed by atoms with Crippen molar-refractivity contribution >= 4 is 23.4 Å². The standard InChI is InChI=1S/C22H28N2O4/c1-15(2)21(25)27-13-17-7-11-20(12-8-17)24-22(26)28-14-18-5-9-19(10-6-18)23-16(3)4/h5-12,15-16,23H,13-14H2,1-4H3,(H,24,26). The fourth-order valence-corrected chi connectivity index (χ4v) is 2.34. The van der Waals surface area contributed by atoms with Crippen LogP contribution < -0.4 is 10.6 Å². The van der Waals surface area contributed by atoms with E-state index < -0.39 is 6.09 Å². The van der Waals surface area contributed by atoms with E-state index >= 15 is 0 Å². The minimum atomic E-state index is -0.525. The number of hydrogen-bond acceptors (Lipinski definition) is 5. The highest BCUT2D eigenvalue weighted by Crippen LogP contribution is 2.14. The molecule has 0 spiro atoms. The first-order valence-electron chi connectivity index (χ1n) is 9.38. The van der Waals surface area contributed by atoms with Gasteiger partial charge in [0, 0.05) is 17.4 Å². The molecule has 2 aromatic rings. The Bertz CT molecular complexity index is 768. The van der Waals surface area contributed by atoms with E-state index in [2.05, 4.69) is 24.5 Å². The van der Waals surface area contributed by atoms with Crippen molar-refractivity contribution in [2.24, 2.45) is 5.92 Å². The smallest absolute Gasteiger partial charge is 0.411 e. The highest BCUT2D eigenvalue weighted by molar-refractivity contribution is 5.84. The van der Waals surface area contributed by atoms with Gasteiger partial charge >= 0.3 is 12.1 Å². The van der Waals surface area contributed by atoms with Crippen LogP contribution in [0.4, 0.5) is 16.2 Å². The van der Waals surface area contributed by atoms with Crippen molar-refractivity contribution in [2.45, 2.75) is 47.0 Å². The summed E-state index contributed by atoms with van der Waals surface area (Å²) in [6, 6.07) is 15.2. The van der Waals surface area contributed by atoms with Crippen LogP contribution in [-0.2, 0) is 27.5 Å². The molecule has 1 amide bonds. The minimum Gasteiger partial charge on any atom is -0.461 e. The average Bonchev–Trinajstić information content (AvgIpc) is 2.66. The van der Waals surface area contributed by atoms with Crippen LogP contribution >= 0.6 is 0 Å². The predicted octanol–water partition coefficient (Wildman–Crippen LogP) is 4.95. The number of rotatable bonds is 8. The number of benzene rings is 2. The summed E-state index contributed by atoms with van der Waals surface area (Å²) >= 11 is 0. The van der Waals surface area contributed by atoms with Crippen molar-refractivity contribution in [3.8, 4) is 0 Å². The minimum absolute atomic E-state index is 0.154. The van der Waals surface area contributed by atoms with Crippen molar-refractivity contribution in [3.05, 3.63) is 59.7 Å². The molecule has 2 N–H and O–H groups in total. The number of carbonyl (C=O) groups is 2. The maximum Gasteiger partial charge on any atom is 0.411 e. The van der Waals surface area contributed by atoms with Gasteiger partial charge in [-0.2, -0.15) is 0 Å². The molecule has 2 rings (SSSR count). The molecule has 0 saturated carbocycles. The van der Waals surface area contributed by atoms with Crippen molar-refractivity contribution in [2.75, 3.05) is 10.6 Å². The molecule has 0 unspecified atom stereocenters. The first-order valence-corrected chi connectivity index (χ1v) is 9.38. The third kappa shape index (κ3) is 7.31. The van der Waals surface area contributed by atoms with E-state index in [4.69, 9.17) is 9.47 Å². The van der Waals surface area contributed by atoms with Crippen molar-refractivity contribution in [1.82, 2.24) is 0 Å². The van der Waals surface area contributed by atoms with Crippen LogP contribution in [0.3, 0.4) is 0 Å². The largest absolute Gasteiger partial charge is 0.461 e. The Hall–Kier alpha value is -3.02. The second-order valence-corrected chi connectivity index (χ2v) is 7.16. The molecule has 0 bridgehead atoms. The van der Waals surface area contributed by atoms with Gasteiger partial charge in [0.25, 0.3) is 0 Å². The second kappa shape index (κ2) is 10.3. The summed E-state index contributed by atoms with van der Waals surface area (Å²) in [6.45, 7) is 8.13. The van der Waals surface area contributed by atoms with E-state index in [1.165, 1.54) is 0 Å². The van der Waals surface area contributed by atoms with Gasteiger partial charge in [0.2, 0.25) is 0 Å². The molecule has 0 atom stereocenters. The van der Waals surface area contributed by atoms with Crippen LogP contribution in [0.5, 0.6) is 0 Å². The first kappa shape index (κ1) is 21.3. The molecular formula is C22H28N2O4. The lowest BCUT2D eigenvalue weighted by Crippen LogP contribution is -2.14. The Balaban J connectivity index is 1.77. The normalized spacial score (nSPS) is 10.6. The third-order valence-electron chi connectivity index (χ3n) is 3.83. The molecule has 28 heavy (non-hydrogen) atoms. The van der Waals surface area contributed by atoms with Crippen LogP contribution in [0, 0.1) is 5.92 Å². The second-order valence-electron chi connectivity index (χ2n) is 7.16. The van der Waals surface area contributed by atoms with E-state index in [1.807, 2.05) is 24.3 Å². The Morgan fingerprint density at radius 3 is 1.79 bits per heavy atom.